The van der Waals surface area contributed by atoms with Crippen LogP contribution < -0.4 is 0 Å². The number of aryl methyl sites for hydroxylation is 1. The number of hydrogen-bond acceptors (Lipinski definition) is 2. The van der Waals surface area contributed by atoms with Crippen LogP contribution in [0.2, 0.25) is 0 Å². The molecule has 2 heterocycles. The van der Waals surface area contributed by atoms with Crippen molar-refractivity contribution in [1.82, 2.24) is 8.97 Å². The number of hydrogen-bond donors (Lipinski definition) is 1. The van der Waals surface area contributed by atoms with Crippen molar-refractivity contribution in [1.29, 1.82) is 5.26 Å². The van der Waals surface area contributed by atoms with Gasteiger partial charge in [0.15, 0.2) is 0 Å². The fourth-order valence-corrected chi connectivity index (χ4v) is 1.91. The first-order chi connectivity index (χ1) is 7.56. The van der Waals surface area contributed by atoms with E-state index in [1.54, 1.807) is 16.8 Å². The van der Waals surface area contributed by atoms with Gasteiger partial charge in [-0.2, -0.15) is 5.26 Å². The van der Waals surface area contributed by atoms with Gasteiger partial charge in [-0.15, -0.1) is 0 Å². The number of aliphatic carboxylic acids is 1. The fraction of sp³-hybridized carbons (Fsp3) is 0.273. The monoisotopic (exact) mass is 217 g/mol. The van der Waals surface area contributed by atoms with Crippen molar-refractivity contribution >= 4 is 11.6 Å². The van der Waals surface area contributed by atoms with Gasteiger partial charge in [0.25, 0.3) is 0 Å². The molecule has 2 aromatic rings. The molecular formula is C11H11N3O2. The summed E-state index contributed by atoms with van der Waals surface area (Å²) in [6, 6.07) is 3.76. The summed E-state index contributed by atoms with van der Waals surface area (Å²) in [5.41, 5.74) is 2.98. The van der Waals surface area contributed by atoms with Crippen LogP contribution >= 0.6 is 0 Å². The summed E-state index contributed by atoms with van der Waals surface area (Å²) in [5, 5.41) is 17.8. The lowest BCUT2D eigenvalue weighted by atomic mass is 10.3. The number of fused-ring (bicyclic) bond motifs is 1. The normalized spacial score (nSPS) is 10.6. The summed E-state index contributed by atoms with van der Waals surface area (Å²) >= 11 is 0. The van der Waals surface area contributed by atoms with Gasteiger partial charge in [-0.1, -0.05) is 0 Å². The van der Waals surface area contributed by atoms with Crippen LogP contribution in [0, 0.1) is 25.2 Å². The molecule has 16 heavy (non-hydrogen) atoms. The second kappa shape index (κ2) is 3.42. The van der Waals surface area contributed by atoms with Crippen molar-refractivity contribution in [2.24, 2.45) is 0 Å². The number of rotatable bonds is 2. The number of carboxylic acids is 1. The molecule has 2 aromatic heterocycles. The van der Waals surface area contributed by atoms with Gasteiger partial charge in [0, 0.05) is 17.6 Å². The maximum Gasteiger partial charge on any atom is 0.323 e. The second-order valence-electron chi connectivity index (χ2n) is 3.69. The van der Waals surface area contributed by atoms with Crippen molar-refractivity contribution < 1.29 is 9.90 Å². The van der Waals surface area contributed by atoms with E-state index in [1.165, 1.54) is 0 Å². The van der Waals surface area contributed by atoms with E-state index in [0.29, 0.717) is 11.2 Å². The molecule has 0 fully saturated rings. The zero-order valence-electron chi connectivity index (χ0n) is 9.06. The molecule has 0 spiro atoms. The summed E-state index contributed by atoms with van der Waals surface area (Å²) in [4.78, 5) is 10.8. The molecule has 0 aromatic carbocycles. The summed E-state index contributed by atoms with van der Waals surface area (Å²) < 4.78 is 3.49. The Morgan fingerprint density at radius 2 is 2.19 bits per heavy atom. The van der Waals surface area contributed by atoms with Gasteiger partial charge in [0.05, 0.1) is 5.56 Å². The minimum absolute atomic E-state index is 0.123. The highest BCUT2D eigenvalue weighted by Crippen LogP contribution is 2.20. The fourth-order valence-electron chi connectivity index (χ4n) is 1.91. The molecular weight excluding hydrogens is 206 g/mol. The van der Waals surface area contributed by atoms with E-state index in [-0.39, 0.29) is 6.54 Å². The van der Waals surface area contributed by atoms with Gasteiger partial charge >= 0.3 is 5.97 Å². The van der Waals surface area contributed by atoms with Crippen LogP contribution in [0.25, 0.3) is 5.65 Å². The van der Waals surface area contributed by atoms with E-state index in [9.17, 15) is 4.79 Å². The van der Waals surface area contributed by atoms with Gasteiger partial charge in [0.2, 0.25) is 0 Å². The van der Waals surface area contributed by atoms with Crippen LogP contribution in [0.3, 0.4) is 0 Å². The minimum atomic E-state index is -0.911. The Kier molecular flexibility index (Phi) is 2.20. The largest absolute Gasteiger partial charge is 0.480 e. The van der Waals surface area contributed by atoms with Crippen molar-refractivity contribution in [2.45, 2.75) is 20.4 Å². The smallest absolute Gasteiger partial charge is 0.323 e. The zero-order valence-corrected chi connectivity index (χ0v) is 9.06. The third kappa shape index (κ3) is 1.27. The molecule has 1 N–H and O–H groups in total. The van der Waals surface area contributed by atoms with Gasteiger partial charge in [-0.05, 0) is 19.9 Å². The molecule has 0 saturated carbocycles. The quantitative estimate of drug-likeness (QED) is 0.824. The summed E-state index contributed by atoms with van der Waals surface area (Å²) in [7, 11) is 0. The van der Waals surface area contributed by atoms with Crippen molar-refractivity contribution in [3.63, 3.8) is 0 Å². The molecule has 0 unspecified atom stereocenters. The molecule has 2 rings (SSSR count). The molecule has 0 bridgehead atoms. The standard InChI is InChI=1S/C11H11N3O2/c1-7-8(2)14(6-10(15)16)11-9(5-12)3-4-13(7)11/h3-4H,6H2,1-2H3,(H,15,16). The maximum absolute atomic E-state index is 10.8. The number of aromatic nitrogens is 2. The highest BCUT2D eigenvalue weighted by atomic mass is 16.4. The van der Waals surface area contributed by atoms with Crippen LogP contribution in [0.15, 0.2) is 12.3 Å². The van der Waals surface area contributed by atoms with E-state index in [4.69, 9.17) is 10.4 Å². The lowest BCUT2D eigenvalue weighted by Crippen LogP contribution is -2.10. The van der Waals surface area contributed by atoms with Crippen molar-refractivity contribution in [2.75, 3.05) is 0 Å². The number of imidazole rings is 1. The van der Waals surface area contributed by atoms with Gasteiger partial charge in [0.1, 0.15) is 18.3 Å². The Morgan fingerprint density at radius 1 is 1.50 bits per heavy atom. The Morgan fingerprint density at radius 3 is 2.75 bits per heavy atom. The van der Waals surface area contributed by atoms with Crippen LogP contribution in [-0.4, -0.2) is 20.0 Å². The van der Waals surface area contributed by atoms with E-state index in [2.05, 4.69) is 6.07 Å². The van der Waals surface area contributed by atoms with Crippen molar-refractivity contribution in [3.8, 4) is 6.07 Å². The van der Waals surface area contributed by atoms with Gasteiger partial charge in [-0.3, -0.25) is 4.79 Å². The Bertz CT molecular complexity index is 613. The summed E-state index contributed by atoms with van der Waals surface area (Å²) in [6.45, 7) is 3.64. The predicted molar refractivity (Wildman–Crippen MR) is 57.2 cm³/mol. The van der Waals surface area contributed by atoms with E-state index < -0.39 is 5.97 Å². The number of carbonyl (C=O) groups is 1. The predicted octanol–water partition coefficient (Wildman–Crippen LogP) is 1.31. The van der Waals surface area contributed by atoms with E-state index >= 15 is 0 Å². The van der Waals surface area contributed by atoms with Crippen LogP contribution in [-0.2, 0) is 11.3 Å². The van der Waals surface area contributed by atoms with E-state index in [0.717, 1.165) is 11.4 Å². The SMILES string of the molecule is Cc1c(C)n2ccc(C#N)c2n1CC(=O)O. The highest BCUT2D eigenvalue weighted by molar-refractivity contribution is 5.70. The Hall–Kier alpha value is -2.22. The topological polar surface area (TPSA) is 70.4 Å². The van der Waals surface area contributed by atoms with Crippen LogP contribution in [0.5, 0.6) is 0 Å². The Labute approximate surface area is 92.1 Å². The first-order valence-electron chi connectivity index (χ1n) is 4.85. The third-order valence-electron chi connectivity index (χ3n) is 2.82. The highest BCUT2D eigenvalue weighted by Gasteiger charge is 2.16. The second-order valence-corrected chi connectivity index (χ2v) is 3.69. The third-order valence-corrected chi connectivity index (χ3v) is 2.82. The molecule has 5 heteroatoms. The average Bonchev–Trinajstić information content (AvgIpc) is 2.74. The zero-order chi connectivity index (χ0) is 11.9. The maximum atomic E-state index is 10.8. The van der Waals surface area contributed by atoms with Crippen LogP contribution in [0.4, 0.5) is 0 Å². The Balaban J connectivity index is 2.79. The molecule has 0 amide bonds. The average molecular weight is 217 g/mol. The summed E-state index contributed by atoms with van der Waals surface area (Å²) in [6.07, 6.45) is 1.79. The molecule has 0 aliphatic heterocycles. The first kappa shape index (κ1) is 10.3. The molecule has 82 valence electrons. The molecule has 0 saturated heterocycles. The number of nitriles is 1. The number of carboxylic acid groups (broad SMARTS) is 1. The van der Waals surface area contributed by atoms with Gasteiger partial charge in [-0.25, -0.2) is 0 Å². The molecule has 0 aliphatic rings. The lowest BCUT2D eigenvalue weighted by Gasteiger charge is -2.02. The van der Waals surface area contributed by atoms with Gasteiger partial charge < -0.3 is 14.1 Å². The first-order valence-corrected chi connectivity index (χ1v) is 4.85. The van der Waals surface area contributed by atoms with E-state index in [1.807, 2.05) is 18.2 Å². The summed E-state index contributed by atoms with van der Waals surface area (Å²) in [5.74, 6) is -0.911. The number of nitrogens with zero attached hydrogens (tertiary/aromatic N) is 3. The lowest BCUT2D eigenvalue weighted by molar-refractivity contribution is -0.137. The van der Waals surface area contributed by atoms with Crippen molar-refractivity contribution in [3.05, 3.63) is 29.2 Å². The molecule has 0 atom stereocenters. The molecule has 0 aliphatic carbocycles. The molecule has 5 nitrogen and oxygen atoms in total. The minimum Gasteiger partial charge on any atom is -0.480 e. The van der Waals surface area contributed by atoms with Crippen LogP contribution in [0.1, 0.15) is 17.0 Å². The molecule has 0 radical (unpaired) electrons.